The molecular formula is C24H31F2N7O2. The van der Waals surface area contributed by atoms with Crippen LogP contribution in [0.5, 0.6) is 0 Å². The van der Waals surface area contributed by atoms with Crippen LogP contribution in [-0.2, 0) is 0 Å². The van der Waals surface area contributed by atoms with Crippen molar-refractivity contribution >= 4 is 23.1 Å². The lowest BCUT2D eigenvalue weighted by molar-refractivity contribution is 0.0350. The minimum absolute atomic E-state index is 0.0115. The number of anilines is 2. The Hall–Kier alpha value is -3.08. The number of nitrogens with one attached hydrogen (secondary N) is 1. The lowest BCUT2D eigenvalue weighted by atomic mass is 9.87. The molecule has 1 saturated heterocycles. The fraction of sp³-hybridized carbons (Fsp3) is 0.583. The monoisotopic (exact) mass is 487 g/mol. The highest BCUT2D eigenvalue weighted by Crippen LogP contribution is 2.34. The van der Waals surface area contributed by atoms with Crippen LogP contribution >= 0.6 is 0 Å². The molecule has 3 aromatic heterocycles. The van der Waals surface area contributed by atoms with Crippen molar-refractivity contribution in [2.45, 2.75) is 70.4 Å². The predicted molar refractivity (Wildman–Crippen MR) is 127 cm³/mol. The second-order valence-corrected chi connectivity index (χ2v) is 10.2. The van der Waals surface area contributed by atoms with E-state index in [4.69, 9.17) is 0 Å². The molecule has 2 N–H and O–H groups in total. The molecule has 1 aliphatic heterocycles. The topological polar surface area (TPSA) is 101 Å². The fourth-order valence-electron chi connectivity index (χ4n) is 4.96. The van der Waals surface area contributed by atoms with Crippen molar-refractivity contribution in [2.75, 3.05) is 23.3 Å². The number of carbonyl (C=O) groups is 1. The molecule has 0 atom stereocenters. The smallest absolute Gasteiger partial charge is 0.284 e. The minimum Gasteiger partial charge on any atom is -0.390 e. The van der Waals surface area contributed by atoms with E-state index in [2.05, 4.69) is 32.3 Å². The Labute approximate surface area is 202 Å². The molecule has 2 fully saturated rings. The maximum absolute atomic E-state index is 13.8. The van der Waals surface area contributed by atoms with Crippen LogP contribution < -0.4 is 10.2 Å². The first-order chi connectivity index (χ1) is 16.7. The van der Waals surface area contributed by atoms with Gasteiger partial charge >= 0.3 is 0 Å². The number of piperidine rings is 1. The van der Waals surface area contributed by atoms with Gasteiger partial charge in [-0.25, -0.2) is 18.3 Å². The van der Waals surface area contributed by atoms with Gasteiger partial charge in [0.1, 0.15) is 11.4 Å². The molecule has 0 bridgehead atoms. The molecule has 9 nitrogen and oxygen atoms in total. The minimum atomic E-state index is -2.81. The highest BCUT2D eigenvalue weighted by Gasteiger charge is 2.29. The summed E-state index contributed by atoms with van der Waals surface area (Å²) in [6.07, 6.45) is 6.87. The molecule has 0 unspecified atom stereocenters. The van der Waals surface area contributed by atoms with Crippen molar-refractivity contribution in [1.29, 1.82) is 0 Å². The SMILES string of the molecule is CC1(O)CCN(c2ccn3ncc(C(=O)Nc4cn([C@H]5CC[C@H](C)CC5)nc4C(F)F)c3n2)CC1. The van der Waals surface area contributed by atoms with Crippen LogP contribution in [0, 0.1) is 5.92 Å². The average Bonchev–Trinajstić information content (AvgIpc) is 3.43. The first-order valence-corrected chi connectivity index (χ1v) is 12.2. The average molecular weight is 488 g/mol. The van der Waals surface area contributed by atoms with Gasteiger partial charge in [-0.3, -0.25) is 9.48 Å². The Morgan fingerprint density at radius 3 is 2.63 bits per heavy atom. The fourth-order valence-corrected chi connectivity index (χ4v) is 4.96. The summed E-state index contributed by atoms with van der Waals surface area (Å²) in [6, 6.07) is 1.87. The lowest BCUT2D eigenvalue weighted by Gasteiger charge is -2.36. The van der Waals surface area contributed by atoms with E-state index in [1.165, 1.54) is 16.9 Å². The van der Waals surface area contributed by atoms with E-state index < -0.39 is 23.6 Å². The zero-order valence-corrected chi connectivity index (χ0v) is 20.0. The Morgan fingerprint density at radius 2 is 1.94 bits per heavy atom. The summed E-state index contributed by atoms with van der Waals surface area (Å²) in [4.78, 5) is 19.8. The summed E-state index contributed by atoms with van der Waals surface area (Å²) < 4.78 is 30.6. The number of carbonyl (C=O) groups excluding carboxylic acids is 1. The van der Waals surface area contributed by atoms with Crippen molar-refractivity contribution in [1.82, 2.24) is 24.4 Å². The van der Waals surface area contributed by atoms with E-state index in [0.717, 1.165) is 25.7 Å². The van der Waals surface area contributed by atoms with E-state index >= 15 is 0 Å². The second kappa shape index (κ2) is 9.18. The molecular weight excluding hydrogens is 456 g/mol. The third-order valence-electron chi connectivity index (χ3n) is 7.34. The number of fused-ring (bicyclic) bond motifs is 1. The van der Waals surface area contributed by atoms with E-state index in [-0.39, 0.29) is 17.3 Å². The Balaban J connectivity index is 1.38. The molecule has 188 valence electrons. The molecule has 11 heteroatoms. The highest BCUT2D eigenvalue weighted by atomic mass is 19.3. The molecule has 2 aliphatic rings. The lowest BCUT2D eigenvalue weighted by Crippen LogP contribution is -2.42. The zero-order chi connectivity index (χ0) is 24.7. The quantitative estimate of drug-likeness (QED) is 0.559. The molecule has 1 amide bonds. The zero-order valence-electron chi connectivity index (χ0n) is 20.0. The van der Waals surface area contributed by atoms with Crippen LogP contribution in [0.3, 0.4) is 0 Å². The number of hydrogen-bond donors (Lipinski definition) is 2. The van der Waals surface area contributed by atoms with Crippen molar-refractivity contribution in [3.05, 3.63) is 35.9 Å². The van der Waals surface area contributed by atoms with Crippen LogP contribution in [0.25, 0.3) is 5.65 Å². The number of aliphatic hydroxyl groups is 1. The summed E-state index contributed by atoms with van der Waals surface area (Å²) in [5.74, 6) is 0.738. The van der Waals surface area contributed by atoms with Gasteiger partial charge in [0.2, 0.25) is 0 Å². The van der Waals surface area contributed by atoms with E-state index in [1.807, 2.05) is 13.0 Å². The third-order valence-corrected chi connectivity index (χ3v) is 7.34. The van der Waals surface area contributed by atoms with E-state index in [0.29, 0.717) is 43.3 Å². The maximum atomic E-state index is 13.8. The van der Waals surface area contributed by atoms with Crippen LogP contribution in [-0.4, -0.2) is 54.1 Å². The molecule has 3 aromatic rings. The second-order valence-electron chi connectivity index (χ2n) is 10.2. The van der Waals surface area contributed by atoms with Gasteiger partial charge in [-0.15, -0.1) is 0 Å². The number of alkyl halides is 2. The summed E-state index contributed by atoms with van der Waals surface area (Å²) in [6.45, 7) is 5.30. The van der Waals surface area contributed by atoms with Gasteiger partial charge in [0, 0.05) is 25.5 Å². The first-order valence-electron chi connectivity index (χ1n) is 12.2. The third kappa shape index (κ3) is 4.86. The number of aromatic nitrogens is 5. The van der Waals surface area contributed by atoms with Crippen molar-refractivity contribution in [3.63, 3.8) is 0 Å². The van der Waals surface area contributed by atoms with Crippen LogP contribution in [0.4, 0.5) is 20.3 Å². The molecule has 1 saturated carbocycles. The van der Waals surface area contributed by atoms with E-state index in [9.17, 15) is 18.7 Å². The summed E-state index contributed by atoms with van der Waals surface area (Å²) >= 11 is 0. The van der Waals surface area contributed by atoms with Gasteiger partial charge in [-0.05, 0) is 57.4 Å². The summed E-state index contributed by atoms with van der Waals surface area (Å²) in [7, 11) is 0. The van der Waals surface area contributed by atoms with Gasteiger partial charge in [-0.2, -0.15) is 10.2 Å². The van der Waals surface area contributed by atoms with Gasteiger partial charge in [0.25, 0.3) is 12.3 Å². The molecule has 0 radical (unpaired) electrons. The molecule has 0 spiro atoms. The first kappa shape index (κ1) is 23.7. The maximum Gasteiger partial charge on any atom is 0.284 e. The molecule has 35 heavy (non-hydrogen) atoms. The summed E-state index contributed by atoms with van der Waals surface area (Å²) in [5.41, 5.74) is -0.579. The van der Waals surface area contributed by atoms with Crippen molar-refractivity contribution in [3.8, 4) is 0 Å². The van der Waals surface area contributed by atoms with Crippen molar-refractivity contribution in [2.24, 2.45) is 5.92 Å². The van der Waals surface area contributed by atoms with Gasteiger partial charge in [-0.1, -0.05) is 6.92 Å². The highest BCUT2D eigenvalue weighted by molar-refractivity contribution is 6.08. The number of hydrogen-bond acceptors (Lipinski definition) is 6. The Bertz CT molecular complexity index is 1200. The molecule has 5 rings (SSSR count). The van der Waals surface area contributed by atoms with Gasteiger partial charge < -0.3 is 15.3 Å². The number of nitrogens with zero attached hydrogens (tertiary/aromatic N) is 6. The van der Waals surface area contributed by atoms with Crippen LogP contribution in [0.2, 0.25) is 0 Å². The standard InChI is InChI=1S/C24H31F2N7O2/c1-15-3-5-16(6-4-15)33-14-18(20(30-33)21(25)26)28-23(34)17-13-27-32-10-7-19(29-22(17)32)31-11-8-24(2,35)9-12-31/h7,10,13-16,21,35H,3-6,8-9,11-12H2,1-2H3,(H,28,34)/t15-,16-. The Morgan fingerprint density at radius 1 is 1.23 bits per heavy atom. The van der Waals surface area contributed by atoms with Gasteiger partial charge in [0.05, 0.1) is 23.5 Å². The molecule has 0 aromatic carbocycles. The van der Waals surface area contributed by atoms with Gasteiger partial charge in [0.15, 0.2) is 11.3 Å². The predicted octanol–water partition coefficient (Wildman–Crippen LogP) is 4.22. The molecule has 4 heterocycles. The van der Waals surface area contributed by atoms with Crippen LogP contribution in [0.15, 0.2) is 24.7 Å². The summed E-state index contributed by atoms with van der Waals surface area (Å²) in [5, 5.41) is 21.2. The number of halogens is 2. The van der Waals surface area contributed by atoms with E-state index in [1.54, 1.807) is 10.9 Å². The number of rotatable bonds is 5. The van der Waals surface area contributed by atoms with Crippen molar-refractivity contribution < 1.29 is 18.7 Å². The normalized spacial score (nSPS) is 22.6. The number of amides is 1. The Kier molecular flexibility index (Phi) is 6.20. The largest absolute Gasteiger partial charge is 0.390 e. The molecule has 1 aliphatic carbocycles. The van der Waals surface area contributed by atoms with Crippen LogP contribution in [0.1, 0.15) is 80.9 Å².